The number of aliphatic carboxylic acids is 1. The topological polar surface area (TPSA) is 78.9 Å². The van der Waals surface area contributed by atoms with Gasteiger partial charge in [-0.1, -0.05) is 56.4 Å². The largest absolute Gasteiger partial charge is 0.489 e. The van der Waals surface area contributed by atoms with Crippen molar-refractivity contribution >= 4 is 17.6 Å². The monoisotopic (exact) mass is 440 g/mol. The van der Waals surface area contributed by atoms with Gasteiger partial charge in [-0.25, -0.2) is 4.39 Å². The molecule has 2 N–H and O–H groups in total. The molecule has 1 aliphatic carbocycles. The van der Waals surface area contributed by atoms with Gasteiger partial charge in [0.2, 0.25) is 5.91 Å². The van der Waals surface area contributed by atoms with Crippen molar-refractivity contribution in [3.8, 4) is 5.75 Å². The molecular formula is C25H29FN2O4. The predicted molar refractivity (Wildman–Crippen MR) is 119 cm³/mol. The highest BCUT2D eigenvalue weighted by Gasteiger charge is 2.35. The van der Waals surface area contributed by atoms with Gasteiger partial charge in [0.25, 0.3) is 0 Å². The number of carbonyl (C=O) groups excluding carboxylic acids is 1. The Hall–Kier alpha value is -2.93. The van der Waals surface area contributed by atoms with Gasteiger partial charge in [0.15, 0.2) is 0 Å². The van der Waals surface area contributed by atoms with Crippen LogP contribution in [0.4, 0.5) is 10.1 Å². The van der Waals surface area contributed by atoms with Gasteiger partial charge in [-0.3, -0.25) is 14.9 Å². The standard InChI is InChI=1S/C25H29FN2O4/c26-19-12-10-18(11-13-19)15-28-22-8-4-5-9-23(22)32-16-21(24(28)29)27-20(25(30)31)14-17-6-2-1-3-7-17/h4-5,8-13,17,20-21,27H,1-3,6-7,14-16H2,(H,30,31)/t20-,21-/m0/s1. The molecule has 0 radical (unpaired) electrons. The molecule has 0 aromatic heterocycles. The Bertz CT molecular complexity index is 943. The van der Waals surface area contributed by atoms with E-state index in [2.05, 4.69) is 5.32 Å². The highest BCUT2D eigenvalue weighted by molar-refractivity contribution is 5.99. The van der Waals surface area contributed by atoms with E-state index in [1.165, 1.54) is 18.6 Å². The lowest BCUT2D eigenvalue weighted by Gasteiger charge is -2.29. The van der Waals surface area contributed by atoms with E-state index >= 15 is 0 Å². The molecule has 0 unspecified atom stereocenters. The van der Waals surface area contributed by atoms with Crippen molar-refractivity contribution in [2.24, 2.45) is 5.92 Å². The van der Waals surface area contributed by atoms with Crippen molar-refractivity contribution < 1.29 is 23.8 Å². The van der Waals surface area contributed by atoms with Crippen LogP contribution in [0, 0.1) is 11.7 Å². The summed E-state index contributed by atoms with van der Waals surface area (Å²) in [7, 11) is 0. The Balaban J connectivity index is 1.55. The lowest BCUT2D eigenvalue weighted by molar-refractivity contribution is -0.140. The average Bonchev–Trinajstić information content (AvgIpc) is 2.93. The second kappa shape index (κ2) is 10.1. The lowest BCUT2D eigenvalue weighted by Crippen LogP contribution is -2.54. The first-order chi connectivity index (χ1) is 15.5. The van der Waals surface area contributed by atoms with Gasteiger partial charge in [-0.2, -0.15) is 0 Å². The minimum absolute atomic E-state index is 0.0458. The quantitative estimate of drug-likeness (QED) is 0.677. The zero-order chi connectivity index (χ0) is 22.5. The maximum atomic E-state index is 13.5. The van der Waals surface area contributed by atoms with Gasteiger partial charge in [-0.05, 0) is 42.2 Å². The molecule has 2 atom stereocenters. The molecule has 0 saturated heterocycles. The molecule has 0 spiro atoms. The van der Waals surface area contributed by atoms with E-state index in [4.69, 9.17) is 4.74 Å². The zero-order valence-electron chi connectivity index (χ0n) is 18.0. The number of hydrogen-bond donors (Lipinski definition) is 2. The van der Waals surface area contributed by atoms with Crippen LogP contribution in [0.25, 0.3) is 0 Å². The fourth-order valence-electron chi connectivity index (χ4n) is 4.65. The van der Waals surface area contributed by atoms with E-state index in [1.807, 2.05) is 12.1 Å². The summed E-state index contributed by atoms with van der Waals surface area (Å²) in [5, 5.41) is 12.9. The van der Waals surface area contributed by atoms with Crippen LogP contribution < -0.4 is 15.0 Å². The number of carboxylic acids is 1. The van der Waals surface area contributed by atoms with Crippen molar-refractivity contribution in [2.45, 2.75) is 57.2 Å². The smallest absolute Gasteiger partial charge is 0.320 e. The van der Waals surface area contributed by atoms with E-state index in [0.717, 1.165) is 31.2 Å². The van der Waals surface area contributed by atoms with Gasteiger partial charge in [0.05, 0.1) is 12.2 Å². The molecule has 2 aliphatic rings. The van der Waals surface area contributed by atoms with Crippen molar-refractivity contribution in [1.29, 1.82) is 0 Å². The molecule has 7 heteroatoms. The summed E-state index contributed by atoms with van der Waals surface area (Å²) in [4.78, 5) is 27.1. The van der Waals surface area contributed by atoms with Crippen molar-refractivity contribution in [1.82, 2.24) is 5.32 Å². The molecule has 1 fully saturated rings. The third kappa shape index (κ3) is 5.27. The molecule has 1 amide bonds. The van der Waals surface area contributed by atoms with Crippen LogP contribution >= 0.6 is 0 Å². The van der Waals surface area contributed by atoms with Crippen LogP contribution in [0.2, 0.25) is 0 Å². The summed E-state index contributed by atoms with van der Waals surface area (Å²) in [6, 6.07) is 11.6. The second-order valence-electron chi connectivity index (χ2n) is 8.68. The van der Waals surface area contributed by atoms with E-state index in [1.54, 1.807) is 29.2 Å². The highest BCUT2D eigenvalue weighted by atomic mass is 19.1. The molecule has 6 nitrogen and oxygen atoms in total. The Morgan fingerprint density at radius 2 is 1.84 bits per heavy atom. The van der Waals surface area contributed by atoms with Gasteiger partial charge in [0.1, 0.15) is 30.3 Å². The molecule has 1 heterocycles. The van der Waals surface area contributed by atoms with Crippen LogP contribution in [0.5, 0.6) is 5.75 Å². The maximum absolute atomic E-state index is 13.5. The summed E-state index contributed by atoms with van der Waals surface area (Å²) in [5.74, 6) is -0.631. The highest BCUT2D eigenvalue weighted by Crippen LogP contribution is 2.33. The minimum atomic E-state index is -0.949. The summed E-state index contributed by atoms with van der Waals surface area (Å²) < 4.78 is 19.3. The number of nitrogens with zero attached hydrogens (tertiary/aromatic N) is 1. The van der Waals surface area contributed by atoms with Crippen LogP contribution in [-0.4, -0.2) is 35.7 Å². The van der Waals surface area contributed by atoms with Gasteiger partial charge in [0, 0.05) is 0 Å². The Morgan fingerprint density at radius 3 is 2.56 bits per heavy atom. The van der Waals surface area contributed by atoms with E-state index in [-0.39, 0.29) is 24.9 Å². The SMILES string of the molecule is O=C(O)[C@H](CC1CCCCC1)N[C@H]1COc2ccccc2N(Cc2ccc(F)cc2)C1=O. The number of halogens is 1. The van der Waals surface area contributed by atoms with Crippen molar-refractivity contribution in [2.75, 3.05) is 11.5 Å². The van der Waals surface area contributed by atoms with E-state index < -0.39 is 18.1 Å². The number of fused-ring (bicyclic) bond motifs is 1. The van der Waals surface area contributed by atoms with Gasteiger partial charge < -0.3 is 14.7 Å². The summed E-state index contributed by atoms with van der Waals surface area (Å²) in [6.07, 6.45) is 6.02. The molecular weight excluding hydrogens is 411 g/mol. The van der Waals surface area contributed by atoms with E-state index in [9.17, 15) is 19.1 Å². The van der Waals surface area contributed by atoms with Gasteiger partial charge >= 0.3 is 5.97 Å². The first-order valence-corrected chi connectivity index (χ1v) is 11.3. The number of benzene rings is 2. The predicted octanol–water partition coefficient (Wildman–Crippen LogP) is 4.13. The minimum Gasteiger partial charge on any atom is -0.489 e. The fraction of sp³-hybridized carbons (Fsp3) is 0.440. The number of carboxylic acid groups (broad SMARTS) is 1. The number of hydrogen-bond acceptors (Lipinski definition) is 4. The molecule has 0 bridgehead atoms. The summed E-state index contributed by atoms with van der Waals surface area (Å²) in [6.45, 7) is 0.280. The first kappa shape index (κ1) is 22.3. The Labute approximate surface area is 187 Å². The molecule has 1 saturated carbocycles. The number of amides is 1. The second-order valence-corrected chi connectivity index (χ2v) is 8.68. The number of ether oxygens (including phenoxy) is 1. The molecule has 170 valence electrons. The number of rotatable bonds is 7. The third-order valence-corrected chi connectivity index (χ3v) is 6.37. The number of carbonyl (C=O) groups is 2. The molecule has 1 aliphatic heterocycles. The van der Waals surface area contributed by atoms with E-state index in [0.29, 0.717) is 23.8 Å². The third-order valence-electron chi connectivity index (χ3n) is 6.37. The summed E-state index contributed by atoms with van der Waals surface area (Å²) in [5.41, 5.74) is 1.39. The summed E-state index contributed by atoms with van der Waals surface area (Å²) >= 11 is 0. The average molecular weight is 441 g/mol. The van der Waals surface area contributed by atoms with Crippen molar-refractivity contribution in [3.63, 3.8) is 0 Å². The number of nitrogens with one attached hydrogen (secondary N) is 1. The molecule has 32 heavy (non-hydrogen) atoms. The molecule has 4 rings (SSSR count). The number of anilines is 1. The first-order valence-electron chi connectivity index (χ1n) is 11.3. The van der Waals surface area contributed by atoms with Crippen LogP contribution in [-0.2, 0) is 16.1 Å². The molecule has 2 aromatic carbocycles. The Kier molecular flexibility index (Phi) is 7.05. The normalized spacial score (nSPS) is 20.2. The number of para-hydroxylation sites is 2. The zero-order valence-corrected chi connectivity index (χ0v) is 18.0. The molecule has 2 aromatic rings. The Morgan fingerprint density at radius 1 is 1.12 bits per heavy atom. The fourth-order valence-corrected chi connectivity index (χ4v) is 4.65. The van der Waals surface area contributed by atoms with Crippen molar-refractivity contribution in [3.05, 3.63) is 59.9 Å². The van der Waals surface area contributed by atoms with Crippen LogP contribution in [0.3, 0.4) is 0 Å². The maximum Gasteiger partial charge on any atom is 0.320 e. The van der Waals surface area contributed by atoms with Crippen LogP contribution in [0.1, 0.15) is 44.1 Å². The van der Waals surface area contributed by atoms with Crippen LogP contribution in [0.15, 0.2) is 48.5 Å². The lowest BCUT2D eigenvalue weighted by atomic mass is 9.84. The van der Waals surface area contributed by atoms with Gasteiger partial charge in [-0.15, -0.1) is 0 Å².